The molecule has 0 aliphatic carbocycles. The summed E-state index contributed by atoms with van der Waals surface area (Å²) in [5.74, 6) is -3.81. The third kappa shape index (κ3) is 4.80. The van der Waals surface area contributed by atoms with Gasteiger partial charge in [-0.3, -0.25) is 9.59 Å². The maximum Gasteiger partial charge on any atom is 0.321 e. The van der Waals surface area contributed by atoms with E-state index in [2.05, 4.69) is 0 Å². The smallest absolute Gasteiger partial charge is 0.321 e. The lowest BCUT2D eigenvalue weighted by Crippen LogP contribution is -2.41. The quantitative estimate of drug-likeness (QED) is 0.681. The maximum atomic E-state index is 13.6. The minimum Gasteiger partial charge on any atom is -0.481 e. The fourth-order valence-corrected chi connectivity index (χ4v) is 2.95. The number of benzene rings is 1. The van der Waals surface area contributed by atoms with Crippen LogP contribution in [0.3, 0.4) is 0 Å². The summed E-state index contributed by atoms with van der Waals surface area (Å²) in [6.07, 6.45) is -0.979. The van der Waals surface area contributed by atoms with Gasteiger partial charge in [0.05, 0.1) is 0 Å². The Labute approximate surface area is 120 Å². The Morgan fingerprint density at radius 2 is 1.95 bits per heavy atom. The summed E-state index contributed by atoms with van der Waals surface area (Å²) in [7, 11) is -4.40. The van der Waals surface area contributed by atoms with E-state index in [1.165, 1.54) is 6.07 Å². The van der Waals surface area contributed by atoms with Crippen LogP contribution in [0.1, 0.15) is 18.4 Å². The standard InChI is InChI=1S/C12H14FNO6S/c1-7-2-3-8(13)10(6-7)21(19,20)14-9(12(17)18)4-5-11(15)16/h2-3,6,9,14H,4-5H2,1H3,(H,15,16)(H,17,18). The molecule has 9 heteroatoms. The third-order valence-electron chi connectivity index (χ3n) is 2.62. The summed E-state index contributed by atoms with van der Waals surface area (Å²) in [6.45, 7) is 1.55. The zero-order chi connectivity index (χ0) is 16.2. The number of carboxylic acids is 2. The number of carbonyl (C=O) groups is 2. The van der Waals surface area contributed by atoms with Crippen LogP contribution in [0.25, 0.3) is 0 Å². The van der Waals surface area contributed by atoms with E-state index >= 15 is 0 Å². The molecule has 21 heavy (non-hydrogen) atoms. The molecule has 0 fully saturated rings. The lowest BCUT2D eigenvalue weighted by atomic mass is 10.2. The van der Waals surface area contributed by atoms with Crippen molar-refractivity contribution in [2.24, 2.45) is 0 Å². The van der Waals surface area contributed by atoms with Gasteiger partial charge in [0.15, 0.2) is 0 Å². The SMILES string of the molecule is Cc1ccc(F)c(S(=O)(=O)NC(CCC(=O)O)C(=O)O)c1. The van der Waals surface area contributed by atoms with E-state index in [4.69, 9.17) is 10.2 Å². The fourth-order valence-electron chi connectivity index (χ4n) is 1.57. The number of rotatable bonds is 7. The van der Waals surface area contributed by atoms with Crippen molar-refractivity contribution in [2.75, 3.05) is 0 Å². The van der Waals surface area contributed by atoms with E-state index in [1.54, 1.807) is 11.6 Å². The van der Waals surface area contributed by atoms with Gasteiger partial charge < -0.3 is 10.2 Å². The lowest BCUT2D eigenvalue weighted by molar-refractivity contribution is -0.140. The third-order valence-corrected chi connectivity index (χ3v) is 4.11. The van der Waals surface area contributed by atoms with Gasteiger partial charge in [-0.2, -0.15) is 4.72 Å². The summed E-state index contributed by atoms with van der Waals surface area (Å²) in [5.41, 5.74) is 0.481. The van der Waals surface area contributed by atoms with E-state index in [0.717, 1.165) is 12.1 Å². The van der Waals surface area contributed by atoms with Gasteiger partial charge in [0, 0.05) is 6.42 Å². The minimum atomic E-state index is -4.40. The van der Waals surface area contributed by atoms with Gasteiger partial charge in [0.1, 0.15) is 16.8 Å². The number of hydrogen-bond donors (Lipinski definition) is 3. The molecule has 0 heterocycles. The molecule has 0 spiro atoms. The fraction of sp³-hybridized carbons (Fsp3) is 0.333. The Bertz CT molecular complexity index is 658. The molecule has 0 aliphatic rings. The number of halogens is 1. The molecule has 1 unspecified atom stereocenters. The van der Waals surface area contributed by atoms with Gasteiger partial charge in [0.25, 0.3) is 0 Å². The molecular formula is C12H14FNO6S. The first-order valence-corrected chi connectivity index (χ1v) is 7.35. The number of aryl methyl sites for hydroxylation is 1. The minimum absolute atomic E-state index is 0.447. The first-order valence-electron chi connectivity index (χ1n) is 5.86. The van der Waals surface area contributed by atoms with Crippen molar-refractivity contribution in [3.05, 3.63) is 29.6 Å². The normalized spacial score (nSPS) is 12.9. The van der Waals surface area contributed by atoms with Crippen LogP contribution in [-0.4, -0.2) is 36.6 Å². The second kappa shape index (κ2) is 6.64. The van der Waals surface area contributed by atoms with E-state index < -0.39 is 51.6 Å². The second-order valence-corrected chi connectivity index (χ2v) is 6.06. The molecule has 0 aliphatic heterocycles. The molecule has 7 nitrogen and oxygen atoms in total. The number of carboxylic acid groups (broad SMARTS) is 2. The Kier molecular flexibility index (Phi) is 5.39. The summed E-state index contributed by atoms with van der Waals surface area (Å²) in [4.78, 5) is 20.7. The molecular weight excluding hydrogens is 305 g/mol. The molecule has 1 aromatic carbocycles. The lowest BCUT2D eigenvalue weighted by Gasteiger charge is -2.14. The highest BCUT2D eigenvalue weighted by atomic mass is 32.2. The Morgan fingerprint density at radius 3 is 2.48 bits per heavy atom. The Balaban J connectivity index is 3.03. The van der Waals surface area contributed by atoms with Crippen molar-refractivity contribution >= 4 is 22.0 Å². The molecule has 1 atom stereocenters. The van der Waals surface area contributed by atoms with E-state index in [-0.39, 0.29) is 0 Å². The highest BCUT2D eigenvalue weighted by Gasteiger charge is 2.27. The van der Waals surface area contributed by atoms with Gasteiger partial charge in [-0.05, 0) is 31.0 Å². The second-order valence-electron chi connectivity index (χ2n) is 4.38. The van der Waals surface area contributed by atoms with Gasteiger partial charge >= 0.3 is 11.9 Å². The van der Waals surface area contributed by atoms with E-state index in [9.17, 15) is 22.4 Å². The summed E-state index contributed by atoms with van der Waals surface area (Å²) >= 11 is 0. The zero-order valence-corrected chi connectivity index (χ0v) is 11.9. The Morgan fingerprint density at radius 1 is 1.33 bits per heavy atom. The summed E-state index contributed by atoms with van der Waals surface area (Å²) < 4.78 is 39.4. The highest BCUT2D eigenvalue weighted by molar-refractivity contribution is 7.89. The van der Waals surface area contributed by atoms with Crippen LogP contribution in [-0.2, 0) is 19.6 Å². The van der Waals surface area contributed by atoms with Gasteiger partial charge in [-0.15, -0.1) is 0 Å². The average Bonchev–Trinajstić information content (AvgIpc) is 2.36. The average molecular weight is 319 g/mol. The van der Waals surface area contributed by atoms with Crippen LogP contribution in [0.4, 0.5) is 4.39 Å². The molecule has 0 radical (unpaired) electrons. The molecule has 1 rings (SSSR count). The van der Waals surface area contributed by atoms with E-state index in [1.807, 2.05) is 0 Å². The van der Waals surface area contributed by atoms with Crippen LogP contribution >= 0.6 is 0 Å². The van der Waals surface area contributed by atoms with Crippen molar-refractivity contribution in [2.45, 2.75) is 30.7 Å². The van der Waals surface area contributed by atoms with Crippen molar-refractivity contribution < 1.29 is 32.6 Å². The predicted molar refractivity (Wildman–Crippen MR) is 69.8 cm³/mol. The first kappa shape index (κ1) is 17.1. The van der Waals surface area contributed by atoms with Gasteiger partial charge in [-0.1, -0.05) is 6.07 Å². The molecule has 1 aromatic rings. The Hall–Kier alpha value is -2.00. The van der Waals surface area contributed by atoms with Crippen molar-refractivity contribution in [1.29, 1.82) is 0 Å². The first-order chi connectivity index (χ1) is 9.63. The molecule has 0 saturated carbocycles. The monoisotopic (exact) mass is 319 g/mol. The largest absolute Gasteiger partial charge is 0.481 e. The number of aliphatic carboxylic acids is 2. The molecule has 0 amide bonds. The summed E-state index contributed by atoms with van der Waals surface area (Å²) in [6, 6.07) is 1.74. The van der Waals surface area contributed by atoms with Crippen LogP contribution in [0, 0.1) is 12.7 Å². The topological polar surface area (TPSA) is 121 Å². The highest BCUT2D eigenvalue weighted by Crippen LogP contribution is 2.17. The maximum absolute atomic E-state index is 13.6. The predicted octanol–water partition coefficient (Wildman–Crippen LogP) is 0.730. The van der Waals surface area contributed by atoms with Crippen LogP contribution in [0.5, 0.6) is 0 Å². The zero-order valence-electron chi connectivity index (χ0n) is 11.0. The number of nitrogens with one attached hydrogen (secondary N) is 1. The number of sulfonamides is 1. The molecule has 0 saturated heterocycles. The van der Waals surface area contributed by atoms with Crippen molar-refractivity contribution in [1.82, 2.24) is 4.72 Å². The summed E-state index contributed by atoms with van der Waals surface area (Å²) in [5, 5.41) is 17.4. The van der Waals surface area contributed by atoms with Gasteiger partial charge in [0.2, 0.25) is 10.0 Å². The van der Waals surface area contributed by atoms with Crippen molar-refractivity contribution in [3.8, 4) is 0 Å². The van der Waals surface area contributed by atoms with Gasteiger partial charge in [-0.25, -0.2) is 12.8 Å². The molecule has 0 aromatic heterocycles. The van der Waals surface area contributed by atoms with E-state index in [0.29, 0.717) is 5.56 Å². The molecule has 0 bridgehead atoms. The molecule has 3 N–H and O–H groups in total. The van der Waals surface area contributed by atoms with Crippen molar-refractivity contribution in [3.63, 3.8) is 0 Å². The molecule has 116 valence electrons. The van der Waals surface area contributed by atoms with Crippen LogP contribution < -0.4 is 4.72 Å². The van der Waals surface area contributed by atoms with Crippen LogP contribution in [0.15, 0.2) is 23.1 Å². The van der Waals surface area contributed by atoms with Crippen LogP contribution in [0.2, 0.25) is 0 Å². The number of hydrogen-bond acceptors (Lipinski definition) is 4.